The van der Waals surface area contributed by atoms with Crippen LogP contribution in [0.3, 0.4) is 0 Å². The van der Waals surface area contributed by atoms with E-state index in [0.29, 0.717) is 6.04 Å². The first kappa shape index (κ1) is 14.0. The highest BCUT2D eigenvalue weighted by molar-refractivity contribution is 8.03. The van der Waals surface area contributed by atoms with Gasteiger partial charge in [0.05, 0.1) is 11.9 Å². The molecule has 0 bridgehead atoms. The molecule has 0 spiro atoms. The third-order valence-electron chi connectivity index (χ3n) is 4.34. The molecule has 0 N–H and O–H groups in total. The van der Waals surface area contributed by atoms with Gasteiger partial charge in [-0.15, -0.1) is 11.8 Å². The van der Waals surface area contributed by atoms with Crippen LogP contribution in [0.4, 0.5) is 5.69 Å². The van der Waals surface area contributed by atoms with Crippen molar-refractivity contribution >= 4 is 34.5 Å². The lowest BCUT2D eigenvalue weighted by atomic mass is 9.98. The number of nitrogens with zero attached hydrogens (tertiary/aromatic N) is 1. The fourth-order valence-electron chi connectivity index (χ4n) is 3.25. The molecule has 110 valence electrons. The SMILES string of the molecule is S=C1C=C2SCN(c3ccccc3-c3ccccc3)C2CC1. The molecule has 3 heteroatoms. The molecule has 2 aromatic carbocycles. The Hall–Kier alpha value is -1.58. The number of hydrogen-bond donors (Lipinski definition) is 0. The fraction of sp³-hybridized carbons (Fsp3) is 0.211. The Bertz CT molecular complexity index is 736. The second kappa shape index (κ2) is 5.90. The second-order valence-electron chi connectivity index (χ2n) is 5.69. The van der Waals surface area contributed by atoms with Gasteiger partial charge in [-0.25, -0.2) is 0 Å². The molecule has 1 unspecified atom stereocenters. The number of fused-ring (bicyclic) bond motifs is 1. The molecule has 22 heavy (non-hydrogen) atoms. The molecular weight excluding hydrogens is 306 g/mol. The van der Waals surface area contributed by atoms with Gasteiger partial charge in [-0.3, -0.25) is 0 Å². The normalized spacial score (nSPS) is 20.7. The molecule has 0 amide bonds. The van der Waals surface area contributed by atoms with Crippen molar-refractivity contribution in [1.82, 2.24) is 0 Å². The molecule has 1 fully saturated rings. The van der Waals surface area contributed by atoms with Gasteiger partial charge in [0, 0.05) is 21.0 Å². The predicted molar refractivity (Wildman–Crippen MR) is 101 cm³/mol. The minimum Gasteiger partial charge on any atom is -0.354 e. The molecule has 2 aliphatic rings. The molecular formula is C19H17NS2. The summed E-state index contributed by atoms with van der Waals surface area (Å²) in [6.07, 6.45) is 4.40. The van der Waals surface area contributed by atoms with Gasteiger partial charge in [0.15, 0.2) is 0 Å². The van der Waals surface area contributed by atoms with Gasteiger partial charge in [-0.1, -0.05) is 60.7 Å². The van der Waals surface area contributed by atoms with Crippen LogP contribution < -0.4 is 4.90 Å². The minimum absolute atomic E-state index is 0.501. The number of para-hydroxylation sites is 1. The van der Waals surface area contributed by atoms with E-state index in [4.69, 9.17) is 12.2 Å². The monoisotopic (exact) mass is 323 g/mol. The highest BCUT2D eigenvalue weighted by Gasteiger charge is 2.33. The van der Waals surface area contributed by atoms with Crippen molar-refractivity contribution in [1.29, 1.82) is 0 Å². The maximum atomic E-state index is 5.38. The molecule has 0 saturated carbocycles. The topological polar surface area (TPSA) is 3.24 Å². The third-order valence-corrected chi connectivity index (χ3v) is 5.79. The van der Waals surface area contributed by atoms with Crippen molar-refractivity contribution in [3.8, 4) is 11.1 Å². The first-order chi connectivity index (χ1) is 10.8. The first-order valence-electron chi connectivity index (χ1n) is 7.61. The average Bonchev–Trinajstić information content (AvgIpc) is 2.98. The van der Waals surface area contributed by atoms with Gasteiger partial charge in [0.25, 0.3) is 0 Å². The molecule has 4 rings (SSSR count). The number of thioether (sulfide) groups is 1. The standard InChI is InChI=1S/C19H17NS2/c21-15-10-11-18-19(12-15)22-13-20(18)17-9-5-4-8-16(17)14-6-2-1-3-7-14/h1-9,12,18H,10-11,13H2. The summed E-state index contributed by atoms with van der Waals surface area (Å²) < 4.78 is 0. The predicted octanol–water partition coefficient (Wildman–Crippen LogP) is 5.28. The zero-order valence-electron chi connectivity index (χ0n) is 12.2. The van der Waals surface area contributed by atoms with Gasteiger partial charge >= 0.3 is 0 Å². The van der Waals surface area contributed by atoms with E-state index in [9.17, 15) is 0 Å². The summed E-state index contributed by atoms with van der Waals surface area (Å²) in [4.78, 5) is 5.09. The van der Waals surface area contributed by atoms with Crippen LogP contribution in [0.1, 0.15) is 12.8 Å². The number of thiocarbonyl (C=S) groups is 1. The molecule has 0 radical (unpaired) electrons. The zero-order chi connectivity index (χ0) is 14.9. The Balaban J connectivity index is 1.75. The van der Waals surface area contributed by atoms with Crippen LogP contribution in [0.5, 0.6) is 0 Å². The molecule has 1 saturated heterocycles. The first-order valence-corrected chi connectivity index (χ1v) is 9.00. The maximum Gasteiger partial charge on any atom is 0.0690 e. The largest absolute Gasteiger partial charge is 0.354 e. The van der Waals surface area contributed by atoms with E-state index < -0.39 is 0 Å². The number of anilines is 1. The second-order valence-corrected chi connectivity index (χ2v) is 7.24. The van der Waals surface area contributed by atoms with E-state index in [0.717, 1.165) is 23.6 Å². The van der Waals surface area contributed by atoms with Crippen molar-refractivity contribution in [2.75, 3.05) is 10.8 Å². The Kier molecular flexibility index (Phi) is 3.77. The summed E-state index contributed by atoms with van der Waals surface area (Å²) in [5.74, 6) is 1.02. The Morgan fingerprint density at radius 1 is 1.00 bits per heavy atom. The van der Waals surface area contributed by atoms with Gasteiger partial charge in [0.1, 0.15) is 0 Å². The van der Waals surface area contributed by atoms with E-state index in [2.05, 4.69) is 65.6 Å². The van der Waals surface area contributed by atoms with E-state index in [1.54, 1.807) is 0 Å². The van der Waals surface area contributed by atoms with Gasteiger partial charge in [-0.2, -0.15) is 0 Å². The van der Waals surface area contributed by atoms with E-state index in [1.807, 2.05) is 11.8 Å². The Morgan fingerprint density at radius 3 is 2.64 bits per heavy atom. The third kappa shape index (κ3) is 2.49. The van der Waals surface area contributed by atoms with Crippen LogP contribution in [0.25, 0.3) is 11.1 Å². The lowest BCUT2D eigenvalue weighted by Crippen LogP contribution is -2.32. The molecule has 0 aromatic heterocycles. The molecule has 1 atom stereocenters. The van der Waals surface area contributed by atoms with Crippen molar-refractivity contribution < 1.29 is 0 Å². The number of allylic oxidation sites excluding steroid dienone is 1. The zero-order valence-corrected chi connectivity index (χ0v) is 13.9. The van der Waals surface area contributed by atoms with Gasteiger partial charge < -0.3 is 4.90 Å². The summed E-state index contributed by atoms with van der Waals surface area (Å²) in [5, 5.41) is 0. The smallest absolute Gasteiger partial charge is 0.0690 e. The van der Waals surface area contributed by atoms with Crippen molar-refractivity contribution in [2.45, 2.75) is 18.9 Å². The molecule has 1 heterocycles. The number of rotatable bonds is 2. The number of hydrogen-bond acceptors (Lipinski definition) is 3. The average molecular weight is 323 g/mol. The summed E-state index contributed by atoms with van der Waals surface area (Å²) in [7, 11) is 0. The molecule has 2 aromatic rings. The molecule has 1 aliphatic carbocycles. The van der Waals surface area contributed by atoms with Crippen LogP contribution in [-0.2, 0) is 0 Å². The summed E-state index contributed by atoms with van der Waals surface area (Å²) >= 11 is 7.32. The minimum atomic E-state index is 0.501. The van der Waals surface area contributed by atoms with Crippen molar-refractivity contribution in [3.63, 3.8) is 0 Å². The Labute approximate surface area is 141 Å². The fourth-order valence-corrected chi connectivity index (χ4v) is 4.84. The van der Waals surface area contributed by atoms with Crippen LogP contribution >= 0.6 is 24.0 Å². The highest BCUT2D eigenvalue weighted by Crippen LogP contribution is 2.43. The van der Waals surface area contributed by atoms with Gasteiger partial charge in [0.2, 0.25) is 0 Å². The maximum absolute atomic E-state index is 5.38. The van der Waals surface area contributed by atoms with Crippen LogP contribution in [-0.4, -0.2) is 16.8 Å². The summed E-state index contributed by atoms with van der Waals surface area (Å²) in [6, 6.07) is 19.9. The van der Waals surface area contributed by atoms with Crippen LogP contribution in [0, 0.1) is 0 Å². The number of benzene rings is 2. The van der Waals surface area contributed by atoms with E-state index in [-0.39, 0.29) is 0 Å². The van der Waals surface area contributed by atoms with Crippen molar-refractivity contribution in [3.05, 3.63) is 65.6 Å². The summed E-state index contributed by atoms with van der Waals surface area (Å²) in [5.41, 5.74) is 3.94. The molecule has 1 aliphatic heterocycles. The lowest BCUT2D eigenvalue weighted by Gasteiger charge is -2.30. The van der Waals surface area contributed by atoms with Crippen molar-refractivity contribution in [2.24, 2.45) is 0 Å². The highest BCUT2D eigenvalue weighted by atomic mass is 32.2. The molecule has 1 nitrogen and oxygen atoms in total. The van der Waals surface area contributed by atoms with Crippen LogP contribution in [0.2, 0.25) is 0 Å². The quantitative estimate of drug-likeness (QED) is 0.692. The lowest BCUT2D eigenvalue weighted by molar-refractivity contribution is 0.692. The van der Waals surface area contributed by atoms with E-state index in [1.165, 1.54) is 21.7 Å². The Morgan fingerprint density at radius 2 is 1.77 bits per heavy atom. The van der Waals surface area contributed by atoms with Gasteiger partial charge in [-0.05, 0) is 30.5 Å². The van der Waals surface area contributed by atoms with E-state index >= 15 is 0 Å². The van der Waals surface area contributed by atoms with Crippen LogP contribution in [0.15, 0.2) is 65.6 Å². The summed E-state index contributed by atoms with van der Waals surface area (Å²) in [6.45, 7) is 0.